The van der Waals surface area contributed by atoms with Crippen molar-refractivity contribution in [3.63, 3.8) is 0 Å². The highest BCUT2D eigenvalue weighted by Crippen LogP contribution is 2.21. The van der Waals surface area contributed by atoms with E-state index in [-0.39, 0.29) is 0 Å². The lowest BCUT2D eigenvalue weighted by Crippen LogP contribution is -2.10. The summed E-state index contributed by atoms with van der Waals surface area (Å²) in [5, 5.41) is 3.79. The quantitative estimate of drug-likeness (QED) is 0.789. The van der Waals surface area contributed by atoms with Crippen molar-refractivity contribution in [3.8, 4) is 0 Å². The van der Waals surface area contributed by atoms with Crippen LogP contribution in [0.5, 0.6) is 0 Å². The maximum atomic E-state index is 6.05. The summed E-state index contributed by atoms with van der Waals surface area (Å²) in [6, 6.07) is 15.3. The van der Waals surface area contributed by atoms with Crippen molar-refractivity contribution in [2.75, 3.05) is 5.32 Å². The van der Waals surface area contributed by atoms with Crippen molar-refractivity contribution in [1.82, 2.24) is 0 Å². The van der Waals surface area contributed by atoms with Gasteiger partial charge in [0.2, 0.25) is 0 Å². The largest absolute Gasteiger partial charge is 0.345 e. The molecule has 17 heavy (non-hydrogen) atoms. The zero-order valence-corrected chi connectivity index (χ0v) is 11.9. The lowest BCUT2D eigenvalue weighted by molar-refractivity contribution is 1.58. The molecule has 0 bridgehead atoms. The van der Waals surface area contributed by atoms with Gasteiger partial charge < -0.3 is 5.32 Å². The Bertz CT molecular complexity index is 539. The van der Waals surface area contributed by atoms with Crippen LogP contribution in [0.25, 0.3) is 0 Å². The van der Waals surface area contributed by atoms with E-state index in [2.05, 4.69) is 21.2 Å². The Morgan fingerprint density at radius 1 is 1.06 bits per heavy atom. The number of thiocarbonyl (C=S) groups is 1. The number of anilines is 1. The van der Waals surface area contributed by atoms with Gasteiger partial charge in [-0.1, -0.05) is 64.0 Å². The summed E-state index contributed by atoms with van der Waals surface area (Å²) in [5.41, 5.74) is 1.78. The number of nitrogens with one attached hydrogen (secondary N) is 1. The Labute approximate surface area is 119 Å². The van der Waals surface area contributed by atoms with Crippen molar-refractivity contribution in [1.29, 1.82) is 0 Å². The Balaban J connectivity index is 2.17. The summed E-state index contributed by atoms with van der Waals surface area (Å²) in [4.78, 5) is 0.658. The predicted molar refractivity (Wildman–Crippen MR) is 80.9 cm³/mol. The van der Waals surface area contributed by atoms with Crippen LogP contribution in [0.4, 0.5) is 5.69 Å². The first-order valence-corrected chi connectivity index (χ1v) is 6.56. The predicted octanol–water partition coefficient (Wildman–Crippen LogP) is 4.89. The number of hydrogen-bond acceptors (Lipinski definition) is 1. The van der Waals surface area contributed by atoms with Crippen molar-refractivity contribution < 1.29 is 0 Å². The van der Waals surface area contributed by atoms with E-state index in [1.807, 2.05) is 48.5 Å². The molecule has 1 N–H and O–H groups in total. The van der Waals surface area contributed by atoms with Crippen molar-refractivity contribution in [2.45, 2.75) is 0 Å². The molecule has 0 heterocycles. The molecule has 0 atom stereocenters. The highest BCUT2D eigenvalue weighted by atomic mass is 79.9. The molecule has 2 aromatic carbocycles. The van der Waals surface area contributed by atoms with E-state index in [9.17, 15) is 0 Å². The lowest BCUT2D eigenvalue weighted by atomic mass is 10.2. The molecule has 0 radical (unpaired) electrons. The molecule has 1 nitrogen and oxygen atoms in total. The second-order valence-electron chi connectivity index (χ2n) is 3.44. The molecule has 0 aliphatic rings. The molecule has 0 fully saturated rings. The molecular formula is C13H9BrClNS. The molecule has 2 aromatic rings. The number of halogens is 2. The van der Waals surface area contributed by atoms with Crippen LogP contribution >= 0.6 is 39.7 Å². The van der Waals surface area contributed by atoms with Gasteiger partial charge >= 0.3 is 0 Å². The summed E-state index contributed by atoms with van der Waals surface area (Å²) < 4.78 is 1.03. The molecule has 0 saturated heterocycles. The minimum Gasteiger partial charge on any atom is -0.345 e. The van der Waals surface area contributed by atoms with Crippen LogP contribution in [-0.4, -0.2) is 4.99 Å². The second kappa shape index (κ2) is 5.63. The molecule has 0 aliphatic carbocycles. The van der Waals surface area contributed by atoms with Crippen LogP contribution in [0.2, 0.25) is 5.02 Å². The van der Waals surface area contributed by atoms with Gasteiger partial charge in [-0.05, 0) is 24.3 Å². The normalized spacial score (nSPS) is 10.0. The zero-order valence-electron chi connectivity index (χ0n) is 8.78. The van der Waals surface area contributed by atoms with Crippen molar-refractivity contribution in [3.05, 3.63) is 63.6 Å². The van der Waals surface area contributed by atoms with Gasteiger partial charge in [-0.15, -0.1) is 0 Å². The average Bonchev–Trinajstić information content (AvgIpc) is 2.33. The fourth-order valence-electron chi connectivity index (χ4n) is 1.36. The molecule has 86 valence electrons. The van der Waals surface area contributed by atoms with Gasteiger partial charge in [-0.3, -0.25) is 0 Å². The SMILES string of the molecule is S=C(Nc1ccccc1Cl)c1ccc(Br)cc1. The summed E-state index contributed by atoms with van der Waals surface area (Å²) in [6.45, 7) is 0. The molecule has 2 rings (SSSR count). The van der Waals surface area contributed by atoms with E-state index in [4.69, 9.17) is 23.8 Å². The summed E-state index contributed by atoms with van der Waals surface area (Å²) >= 11 is 14.8. The molecular weight excluding hydrogens is 318 g/mol. The third-order valence-electron chi connectivity index (χ3n) is 2.23. The first-order valence-electron chi connectivity index (χ1n) is 4.98. The van der Waals surface area contributed by atoms with Crippen molar-refractivity contribution in [2.24, 2.45) is 0 Å². The van der Waals surface area contributed by atoms with Crippen LogP contribution in [0.1, 0.15) is 5.56 Å². The summed E-state index contributed by atoms with van der Waals surface area (Å²) in [5.74, 6) is 0. The molecule has 0 spiro atoms. The molecule has 0 aliphatic heterocycles. The monoisotopic (exact) mass is 325 g/mol. The third-order valence-corrected chi connectivity index (χ3v) is 3.42. The van der Waals surface area contributed by atoms with Gasteiger partial charge in [0.15, 0.2) is 0 Å². The van der Waals surface area contributed by atoms with E-state index in [1.54, 1.807) is 0 Å². The van der Waals surface area contributed by atoms with E-state index in [1.165, 1.54) is 0 Å². The topological polar surface area (TPSA) is 12.0 Å². The van der Waals surface area contributed by atoms with Crippen LogP contribution in [-0.2, 0) is 0 Å². The van der Waals surface area contributed by atoms with Crippen LogP contribution in [0, 0.1) is 0 Å². The third kappa shape index (κ3) is 3.28. The highest BCUT2D eigenvalue weighted by Gasteiger charge is 2.03. The van der Waals surface area contributed by atoms with Gasteiger partial charge in [0.1, 0.15) is 4.99 Å². The summed E-state index contributed by atoms with van der Waals surface area (Å²) in [6.07, 6.45) is 0. The molecule has 0 aromatic heterocycles. The van der Waals surface area contributed by atoms with Gasteiger partial charge in [-0.25, -0.2) is 0 Å². The van der Waals surface area contributed by atoms with E-state index in [0.717, 1.165) is 15.7 Å². The molecule has 0 amide bonds. The van der Waals surface area contributed by atoms with E-state index >= 15 is 0 Å². The maximum Gasteiger partial charge on any atom is 0.111 e. The average molecular weight is 327 g/mol. The first kappa shape index (κ1) is 12.6. The van der Waals surface area contributed by atoms with Crippen LogP contribution in [0.15, 0.2) is 53.0 Å². The molecule has 0 saturated carbocycles. The molecule has 0 unspecified atom stereocenters. The van der Waals surface area contributed by atoms with E-state index in [0.29, 0.717) is 10.0 Å². The maximum absolute atomic E-state index is 6.05. The Morgan fingerprint density at radius 2 is 1.71 bits per heavy atom. The Kier molecular flexibility index (Phi) is 4.15. The summed E-state index contributed by atoms with van der Waals surface area (Å²) in [7, 11) is 0. The fraction of sp³-hybridized carbons (Fsp3) is 0. The fourth-order valence-corrected chi connectivity index (χ4v) is 2.05. The van der Waals surface area contributed by atoms with Crippen LogP contribution in [0.3, 0.4) is 0 Å². The smallest absolute Gasteiger partial charge is 0.111 e. The zero-order chi connectivity index (χ0) is 12.3. The first-order chi connectivity index (χ1) is 8.16. The van der Waals surface area contributed by atoms with Gasteiger partial charge in [0.25, 0.3) is 0 Å². The van der Waals surface area contributed by atoms with E-state index < -0.39 is 0 Å². The number of rotatable bonds is 2. The minimum atomic E-state index is 0.658. The second-order valence-corrected chi connectivity index (χ2v) is 5.17. The van der Waals surface area contributed by atoms with Crippen molar-refractivity contribution >= 4 is 50.4 Å². The Morgan fingerprint density at radius 3 is 2.35 bits per heavy atom. The van der Waals surface area contributed by atoms with Gasteiger partial charge in [0.05, 0.1) is 10.7 Å². The number of hydrogen-bond donors (Lipinski definition) is 1. The van der Waals surface area contributed by atoms with Gasteiger partial charge in [-0.2, -0.15) is 0 Å². The standard InChI is InChI=1S/C13H9BrClNS/c14-10-7-5-9(6-8-10)13(17)16-12-4-2-1-3-11(12)15/h1-8H,(H,16,17). The van der Waals surface area contributed by atoms with Gasteiger partial charge in [0, 0.05) is 10.0 Å². The molecule has 4 heteroatoms. The Hall–Kier alpha value is -0.900. The lowest BCUT2D eigenvalue weighted by Gasteiger charge is -2.09. The highest BCUT2D eigenvalue weighted by molar-refractivity contribution is 9.10. The number of para-hydroxylation sites is 1. The van der Waals surface area contributed by atoms with Crippen LogP contribution < -0.4 is 5.32 Å². The number of benzene rings is 2. The minimum absolute atomic E-state index is 0.658.